The summed E-state index contributed by atoms with van der Waals surface area (Å²) >= 11 is 0. The van der Waals surface area contributed by atoms with Crippen molar-refractivity contribution >= 4 is 17.5 Å². The number of ether oxygens (including phenoxy) is 1. The average Bonchev–Trinajstić information content (AvgIpc) is 2.88. The molecular weight excluding hydrogens is 434 g/mol. The van der Waals surface area contributed by atoms with Crippen molar-refractivity contribution < 1.29 is 14.6 Å². The molecule has 10 heteroatoms. The van der Waals surface area contributed by atoms with Gasteiger partial charge in [0.25, 0.3) is 0 Å². The number of nitrogens with zero attached hydrogens (tertiary/aromatic N) is 5. The van der Waals surface area contributed by atoms with Crippen molar-refractivity contribution in [2.75, 3.05) is 69.2 Å². The lowest BCUT2D eigenvalue weighted by molar-refractivity contribution is -0.115. The molecule has 0 bridgehead atoms. The van der Waals surface area contributed by atoms with E-state index in [9.17, 15) is 9.90 Å². The number of para-hydroxylation sites is 1. The number of hydrogen-bond donors (Lipinski definition) is 3. The minimum absolute atomic E-state index is 0.120. The highest BCUT2D eigenvalue weighted by atomic mass is 16.5. The lowest BCUT2D eigenvalue weighted by Gasteiger charge is -2.49. The van der Waals surface area contributed by atoms with Crippen LogP contribution in [0.3, 0.4) is 0 Å². The van der Waals surface area contributed by atoms with E-state index < -0.39 is 0 Å². The number of rotatable bonds is 1. The molecule has 1 aromatic heterocycles. The summed E-state index contributed by atoms with van der Waals surface area (Å²) < 4.78 is 6.15. The van der Waals surface area contributed by atoms with Gasteiger partial charge in [-0.3, -0.25) is 0 Å². The Hall–Kier alpha value is -3.11. The van der Waals surface area contributed by atoms with Gasteiger partial charge in [0.05, 0.1) is 36.2 Å². The van der Waals surface area contributed by atoms with E-state index in [-0.39, 0.29) is 23.4 Å². The summed E-state index contributed by atoms with van der Waals surface area (Å²) in [5.74, 6) is 0.931. The summed E-state index contributed by atoms with van der Waals surface area (Å²) in [7, 11) is 0. The summed E-state index contributed by atoms with van der Waals surface area (Å²) in [6.07, 6.45) is 1.91. The third-order valence-corrected chi connectivity index (χ3v) is 7.56. The number of urea groups is 1. The lowest BCUT2D eigenvalue weighted by Crippen LogP contribution is -2.64. The Kier molecular flexibility index (Phi) is 5.41. The summed E-state index contributed by atoms with van der Waals surface area (Å²) in [5.41, 5.74) is 2.08. The largest absolute Gasteiger partial charge is 0.507 e. The van der Waals surface area contributed by atoms with Gasteiger partial charge in [0.2, 0.25) is 0 Å². The van der Waals surface area contributed by atoms with Gasteiger partial charge in [-0.05, 0) is 44.1 Å². The van der Waals surface area contributed by atoms with E-state index in [2.05, 4.69) is 25.7 Å². The van der Waals surface area contributed by atoms with Gasteiger partial charge < -0.3 is 35.2 Å². The first kappa shape index (κ1) is 21.4. The minimum Gasteiger partial charge on any atom is -0.507 e. The number of fused-ring (bicyclic) bond motifs is 3. The van der Waals surface area contributed by atoms with Gasteiger partial charge in [-0.15, -0.1) is 10.2 Å². The number of piperazine rings is 1. The highest BCUT2D eigenvalue weighted by molar-refractivity contribution is 5.78. The van der Waals surface area contributed by atoms with E-state index in [4.69, 9.17) is 4.74 Å². The molecule has 180 valence electrons. The average molecular weight is 466 g/mol. The number of morpholine rings is 1. The third-order valence-electron chi connectivity index (χ3n) is 7.56. The zero-order valence-electron chi connectivity index (χ0n) is 19.2. The third kappa shape index (κ3) is 3.80. The number of carbonyl (C=O) groups is 1. The summed E-state index contributed by atoms with van der Waals surface area (Å²) in [5, 5.41) is 25.7. The van der Waals surface area contributed by atoms with E-state index in [0.717, 1.165) is 44.0 Å². The molecule has 1 aromatic carbocycles. The van der Waals surface area contributed by atoms with Crippen LogP contribution in [0.2, 0.25) is 0 Å². The Balaban J connectivity index is 1.17. The highest BCUT2D eigenvalue weighted by Gasteiger charge is 2.42. The van der Waals surface area contributed by atoms with Crippen LogP contribution in [0, 0.1) is 0 Å². The van der Waals surface area contributed by atoms with Gasteiger partial charge >= 0.3 is 6.03 Å². The Morgan fingerprint density at radius 3 is 2.82 bits per heavy atom. The van der Waals surface area contributed by atoms with Crippen LogP contribution in [0.1, 0.15) is 12.8 Å². The minimum atomic E-state index is -0.190. The molecule has 3 saturated heterocycles. The first-order chi connectivity index (χ1) is 16.6. The summed E-state index contributed by atoms with van der Waals surface area (Å²) in [6, 6.07) is 9.42. The SMILES string of the molecule is O=C(N1CCN2c3cc(-c4ccccc4O)nnc3NC[C@H]2C1)N1CCOC2(CCNCC2)C1. The summed E-state index contributed by atoms with van der Waals surface area (Å²) in [6.45, 7) is 6.59. The quantitative estimate of drug-likeness (QED) is 0.580. The monoisotopic (exact) mass is 465 g/mol. The number of nitrogens with one attached hydrogen (secondary N) is 2. The van der Waals surface area contributed by atoms with Gasteiger partial charge in [-0.1, -0.05) is 12.1 Å². The Labute approximate surface area is 198 Å². The van der Waals surface area contributed by atoms with Crippen LogP contribution in [0.25, 0.3) is 11.3 Å². The maximum absolute atomic E-state index is 13.5. The van der Waals surface area contributed by atoms with Crippen LogP contribution < -0.4 is 15.5 Å². The topological polar surface area (TPSA) is 106 Å². The van der Waals surface area contributed by atoms with E-state index >= 15 is 0 Å². The van der Waals surface area contributed by atoms with Crippen molar-refractivity contribution in [1.29, 1.82) is 0 Å². The second-order valence-electron chi connectivity index (χ2n) is 9.64. The van der Waals surface area contributed by atoms with E-state index in [1.165, 1.54) is 0 Å². The van der Waals surface area contributed by atoms with Crippen molar-refractivity contribution in [1.82, 2.24) is 25.3 Å². The Morgan fingerprint density at radius 2 is 1.97 bits per heavy atom. The first-order valence-corrected chi connectivity index (χ1v) is 12.2. The molecule has 1 atom stereocenters. The van der Waals surface area contributed by atoms with E-state index in [1.807, 2.05) is 28.0 Å². The molecule has 0 saturated carbocycles. The number of hydrogen-bond acceptors (Lipinski definition) is 8. The van der Waals surface area contributed by atoms with Crippen molar-refractivity contribution in [2.24, 2.45) is 0 Å². The van der Waals surface area contributed by atoms with Crippen LogP contribution in [-0.2, 0) is 4.74 Å². The molecule has 3 N–H and O–H groups in total. The van der Waals surface area contributed by atoms with Crippen molar-refractivity contribution in [2.45, 2.75) is 24.5 Å². The Morgan fingerprint density at radius 1 is 1.12 bits per heavy atom. The molecule has 10 nitrogen and oxygen atoms in total. The first-order valence-electron chi connectivity index (χ1n) is 12.2. The second kappa shape index (κ2) is 8.59. The molecule has 2 amide bonds. The smallest absolute Gasteiger partial charge is 0.320 e. The maximum Gasteiger partial charge on any atom is 0.320 e. The molecule has 1 spiro atoms. The molecule has 5 heterocycles. The molecule has 6 rings (SSSR count). The number of carbonyl (C=O) groups excluding carboxylic acids is 1. The molecular formula is C24H31N7O3. The maximum atomic E-state index is 13.5. The molecule has 34 heavy (non-hydrogen) atoms. The predicted octanol–water partition coefficient (Wildman–Crippen LogP) is 1.34. The molecule has 2 aromatic rings. The van der Waals surface area contributed by atoms with Crippen molar-refractivity contribution in [3.05, 3.63) is 30.3 Å². The van der Waals surface area contributed by atoms with Gasteiger partial charge in [0.1, 0.15) is 5.75 Å². The van der Waals surface area contributed by atoms with Gasteiger partial charge in [-0.25, -0.2) is 4.79 Å². The van der Waals surface area contributed by atoms with Gasteiger partial charge in [-0.2, -0.15) is 0 Å². The number of amides is 2. The van der Waals surface area contributed by atoms with Gasteiger partial charge in [0, 0.05) is 38.3 Å². The highest BCUT2D eigenvalue weighted by Crippen LogP contribution is 2.36. The molecule has 0 radical (unpaired) electrons. The number of phenolic OH excluding ortho intramolecular Hbond substituents is 1. The van der Waals surface area contributed by atoms with E-state index in [1.54, 1.807) is 12.1 Å². The normalized spacial score (nSPS) is 23.8. The molecule has 4 aliphatic heterocycles. The fraction of sp³-hybridized carbons (Fsp3) is 0.542. The van der Waals surface area contributed by atoms with E-state index in [0.29, 0.717) is 50.6 Å². The van der Waals surface area contributed by atoms with Crippen molar-refractivity contribution in [3.8, 4) is 17.0 Å². The molecule has 3 fully saturated rings. The van der Waals surface area contributed by atoms with Crippen LogP contribution in [0.4, 0.5) is 16.3 Å². The zero-order chi connectivity index (χ0) is 23.1. The number of benzene rings is 1. The molecule has 0 aliphatic carbocycles. The fourth-order valence-electron chi connectivity index (χ4n) is 5.68. The standard InChI is InChI=1S/C24H31N7O3/c32-21-4-2-1-3-18(21)19-13-20-22(28-27-19)26-14-17-15-29(9-10-31(17)20)23(33)30-11-12-34-24(16-30)5-7-25-8-6-24/h1-4,13,17,25,32H,5-12,14-16H2,(H,26,28)/t17-/m0/s1. The molecule has 0 unspecified atom stereocenters. The molecule has 4 aliphatic rings. The lowest BCUT2D eigenvalue weighted by atomic mass is 9.90. The van der Waals surface area contributed by atoms with Crippen LogP contribution in [0.5, 0.6) is 5.75 Å². The number of anilines is 2. The predicted molar refractivity (Wildman–Crippen MR) is 128 cm³/mol. The number of phenols is 1. The second-order valence-corrected chi connectivity index (χ2v) is 9.64. The van der Waals surface area contributed by atoms with Crippen LogP contribution in [-0.4, -0.2) is 102 Å². The van der Waals surface area contributed by atoms with Crippen molar-refractivity contribution in [3.63, 3.8) is 0 Å². The van der Waals surface area contributed by atoms with Gasteiger partial charge in [0.15, 0.2) is 5.82 Å². The van der Waals surface area contributed by atoms with Crippen LogP contribution >= 0.6 is 0 Å². The fourth-order valence-corrected chi connectivity index (χ4v) is 5.68. The number of aromatic hydroxyl groups is 1. The Bertz CT molecular complexity index is 1070. The zero-order valence-corrected chi connectivity index (χ0v) is 19.2. The number of aromatic nitrogens is 2. The van der Waals surface area contributed by atoms with Crippen LogP contribution in [0.15, 0.2) is 30.3 Å². The summed E-state index contributed by atoms with van der Waals surface area (Å²) in [4.78, 5) is 19.8. The number of piperidine rings is 1.